The monoisotopic (exact) mass is 408 g/mol. The Morgan fingerprint density at radius 1 is 1.17 bits per heavy atom. The number of carbonyl (C=O) groups excluding carboxylic acids is 1. The van der Waals surface area contributed by atoms with Crippen LogP contribution in [0, 0.1) is 0 Å². The van der Waals surface area contributed by atoms with E-state index in [1.165, 1.54) is 0 Å². The second kappa shape index (κ2) is 8.64. The average molecular weight is 409 g/mol. The highest BCUT2D eigenvalue weighted by molar-refractivity contribution is 6.35. The van der Waals surface area contributed by atoms with Crippen molar-refractivity contribution < 1.29 is 14.6 Å². The van der Waals surface area contributed by atoms with E-state index in [4.69, 9.17) is 16.3 Å². The number of ketones is 1. The van der Waals surface area contributed by atoms with Crippen molar-refractivity contribution in [2.75, 3.05) is 18.0 Å². The van der Waals surface area contributed by atoms with Crippen molar-refractivity contribution in [1.82, 2.24) is 4.98 Å². The number of benzene rings is 2. The molecule has 1 saturated heterocycles. The van der Waals surface area contributed by atoms with Crippen LogP contribution in [0.1, 0.15) is 27.9 Å². The first-order chi connectivity index (χ1) is 14.2. The van der Waals surface area contributed by atoms with Gasteiger partial charge >= 0.3 is 0 Å². The van der Waals surface area contributed by atoms with E-state index in [2.05, 4.69) is 9.88 Å². The van der Waals surface area contributed by atoms with Crippen molar-refractivity contribution in [3.63, 3.8) is 0 Å². The number of rotatable bonds is 6. The van der Waals surface area contributed by atoms with Crippen molar-refractivity contribution in [1.29, 1.82) is 0 Å². The van der Waals surface area contributed by atoms with Gasteiger partial charge in [-0.15, -0.1) is 0 Å². The largest absolute Gasteiger partial charge is 0.472 e. The summed E-state index contributed by atoms with van der Waals surface area (Å²) in [5.41, 5.74) is 2.58. The minimum absolute atomic E-state index is 0.0286. The molecule has 1 fully saturated rings. The summed E-state index contributed by atoms with van der Waals surface area (Å²) in [6.07, 6.45) is 2.60. The van der Waals surface area contributed by atoms with Gasteiger partial charge in [-0.25, -0.2) is 4.98 Å². The van der Waals surface area contributed by atoms with Crippen LogP contribution < -0.4 is 9.64 Å². The molecule has 1 atom stereocenters. The fraction of sp³-hybridized carbons (Fsp3) is 0.217. The first-order valence-electron chi connectivity index (χ1n) is 9.51. The van der Waals surface area contributed by atoms with E-state index in [0.717, 1.165) is 18.7 Å². The van der Waals surface area contributed by atoms with Gasteiger partial charge in [0, 0.05) is 47.6 Å². The van der Waals surface area contributed by atoms with Gasteiger partial charge in [0.25, 0.3) is 0 Å². The number of aliphatic hydroxyl groups is 1. The molecule has 0 amide bonds. The van der Waals surface area contributed by atoms with Crippen molar-refractivity contribution in [3.05, 3.63) is 88.6 Å². The van der Waals surface area contributed by atoms with Gasteiger partial charge in [0.05, 0.1) is 18.2 Å². The van der Waals surface area contributed by atoms with E-state index in [-0.39, 0.29) is 18.5 Å². The quantitative estimate of drug-likeness (QED) is 0.622. The zero-order chi connectivity index (χ0) is 20.2. The molecule has 1 aliphatic heterocycles. The van der Waals surface area contributed by atoms with Crippen LogP contribution in [-0.4, -0.2) is 35.1 Å². The standard InChI is InChI=1S/C23H21ClN2O3/c24-20-6-2-1-5-19(20)23(28)16-8-9-21(17(13-16)15-27)26-12-10-18(14-26)29-22-7-3-4-11-25-22/h1-9,11,13,18,27H,10,12,14-15H2/t18-/m0/s1. The highest BCUT2D eigenvalue weighted by Crippen LogP contribution is 2.29. The molecule has 0 saturated carbocycles. The summed E-state index contributed by atoms with van der Waals surface area (Å²) in [5, 5.41) is 10.3. The molecule has 148 valence electrons. The lowest BCUT2D eigenvalue weighted by molar-refractivity contribution is 0.103. The average Bonchev–Trinajstić information content (AvgIpc) is 3.22. The Bertz CT molecular complexity index is 1010. The molecule has 1 aliphatic rings. The number of aliphatic hydroxyl groups excluding tert-OH is 1. The fourth-order valence-corrected chi connectivity index (χ4v) is 3.82. The van der Waals surface area contributed by atoms with Gasteiger partial charge in [-0.2, -0.15) is 0 Å². The summed E-state index contributed by atoms with van der Waals surface area (Å²) in [4.78, 5) is 19.2. The number of aromatic nitrogens is 1. The van der Waals surface area contributed by atoms with E-state index in [0.29, 0.717) is 34.1 Å². The molecule has 29 heavy (non-hydrogen) atoms. The first-order valence-corrected chi connectivity index (χ1v) is 9.89. The number of ether oxygens (including phenoxy) is 1. The van der Waals surface area contributed by atoms with Crippen LogP contribution in [0.2, 0.25) is 5.02 Å². The Labute approximate surface area is 174 Å². The third kappa shape index (κ3) is 4.26. The van der Waals surface area contributed by atoms with Gasteiger partial charge in [-0.3, -0.25) is 4.79 Å². The third-order valence-corrected chi connectivity index (χ3v) is 5.37. The lowest BCUT2D eigenvalue weighted by Crippen LogP contribution is -2.25. The summed E-state index contributed by atoms with van der Waals surface area (Å²) in [6.45, 7) is 1.35. The molecule has 2 heterocycles. The van der Waals surface area contributed by atoms with Gasteiger partial charge in [0.1, 0.15) is 6.10 Å². The maximum atomic E-state index is 12.8. The van der Waals surface area contributed by atoms with Gasteiger partial charge in [0.15, 0.2) is 5.78 Å². The van der Waals surface area contributed by atoms with Crippen molar-refractivity contribution in [2.45, 2.75) is 19.1 Å². The molecule has 0 aliphatic carbocycles. The Morgan fingerprint density at radius 2 is 2.00 bits per heavy atom. The van der Waals surface area contributed by atoms with E-state index < -0.39 is 0 Å². The molecule has 5 nitrogen and oxygen atoms in total. The van der Waals surface area contributed by atoms with Crippen LogP contribution in [0.25, 0.3) is 0 Å². The fourth-order valence-electron chi connectivity index (χ4n) is 3.59. The molecule has 2 aromatic carbocycles. The highest BCUT2D eigenvalue weighted by atomic mass is 35.5. The topological polar surface area (TPSA) is 62.7 Å². The van der Waals surface area contributed by atoms with E-state index in [1.807, 2.05) is 24.3 Å². The van der Waals surface area contributed by atoms with Crippen LogP contribution in [0.5, 0.6) is 5.88 Å². The van der Waals surface area contributed by atoms with Crippen molar-refractivity contribution in [3.8, 4) is 5.88 Å². The number of hydrogen-bond acceptors (Lipinski definition) is 5. The van der Waals surface area contributed by atoms with Crippen LogP contribution in [0.3, 0.4) is 0 Å². The Kier molecular flexibility index (Phi) is 5.79. The molecule has 0 radical (unpaired) electrons. The van der Waals surface area contributed by atoms with E-state index in [1.54, 1.807) is 42.6 Å². The number of halogens is 1. The molecule has 1 aromatic heterocycles. The van der Waals surface area contributed by atoms with Crippen molar-refractivity contribution >= 4 is 23.1 Å². The minimum atomic E-state index is -0.158. The highest BCUT2D eigenvalue weighted by Gasteiger charge is 2.26. The minimum Gasteiger partial charge on any atom is -0.472 e. The van der Waals surface area contributed by atoms with E-state index >= 15 is 0 Å². The molecule has 3 aromatic rings. The Hall–Kier alpha value is -2.89. The van der Waals surface area contributed by atoms with Crippen LogP contribution >= 0.6 is 11.6 Å². The van der Waals surface area contributed by atoms with Gasteiger partial charge in [-0.05, 0) is 36.4 Å². The second-order valence-corrected chi connectivity index (χ2v) is 7.36. The summed E-state index contributed by atoms with van der Waals surface area (Å²) in [6, 6.07) is 18.0. The normalized spacial score (nSPS) is 16.1. The molecule has 1 N–H and O–H groups in total. The molecule has 0 bridgehead atoms. The van der Waals surface area contributed by atoms with Crippen molar-refractivity contribution in [2.24, 2.45) is 0 Å². The smallest absolute Gasteiger partial charge is 0.213 e. The Morgan fingerprint density at radius 3 is 2.76 bits per heavy atom. The van der Waals surface area contributed by atoms with Gasteiger partial charge < -0.3 is 14.7 Å². The van der Waals surface area contributed by atoms with Gasteiger partial charge in [0.2, 0.25) is 5.88 Å². The molecule has 4 rings (SSSR count). The maximum absolute atomic E-state index is 12.8. The maximum Gasteiger partial charge on any atom is 0.213 e. The number of pyridine rings is 1. The van der Waals surface area contributed by atoms with E-state index in [9.17, 15) is 9.90 Å². The lowest BCUT2D eigenvalue weighted by Gasteiger charge is -2.22. The molecule has 6 heteroatoms. The lowest BCUT2D eigenvalue weighted by atomic mass is 10.00. The predicted octanol–water partition coefficient (Wildman–Crippen LogP) is 4.12. The second-order valence-electron chi connectivity index (χ2n) is 6.95. The van der Waals surface area contributed by atoms with Crippen LogP contribution in [0.4, 0.5) is 5.69 Å². The number of hydrogen-bond donors (Lipinski definition) is 1. The molecule has 0 spiro atoms. The number of anilines is 1. The number of nitrogens with zero attached hydrogens (tertiary/aromatic N) is 2. The van der Waals surface area contributed by atoms with Crippen LogP contribution in [0.15, 0.2) is 66.9 Å². The third-order valence-electron chi connectivity index (χ3n) is 5.04. The molecular weight excluding hydrogens is 388 g/mol. The first kappa shape index (κ1) is 19.4. The molecule has 0 unspecified atom stereocenters. The zero-order valence-corrected chi connectivity index (χ0v) is 16.5. The molecular formula is C23H21ClN2O3. The Balaban J connectivity index is 1.52. The van der Waals surface area contributed by atoms with Gasteiger partial charge in [-0.1, -0.05) is 29.8 Å². The summed E-state index contributed by atoms with van der Waals surface area (Å²) < 4.78 is 5.95. The predicted molar refractivity (Wildman–Crippen MR) is 113 cm³/mol. The summed E-state index contributed by atoms with van der Waals surface area (Å²) in [7, 11) is 0. The van der Waals surface area contributed by atoms with Crippen LogP contribution in [-0.2, 0) is 6.61 Å². The SMILES string of the molecule is O=C(c1ccc(N2CC[C@H](Oc3ccccn3)C2)c(CO)c1)c1ccccc1Cl. The number of carbonyl (C=O) groups is 1. The zero-order valence-electron chi connectivity index (χ0n) is 15.8. The summed E-state index contributed by atoms with van der Waals surface area (Å²) >= 11 is 6.16. The summed E-state index contributed by atoms with van der Waals surface area (Å²) in [5.74, 6) is 0.456.